The van der Waals surface area contributed by atoms with Crippen LogP contribution in [-0.4, -0.2) is 18.4 Å². The van der Waals surface area contributed by atoms with Crippen LogP contribution in [0.15, 0.2) is 67.3 Å². The highest BCUT2D eigenvalue weighted by atomic mass is 16.2. The molecule has 1 N–H and O–H groups in total. The maximum Gasteiger partial charge on any atom is 0.235 e. The van der Waals surface area contributed by atoms with Gasteiger partial charge in [-0.1, -0.05) is 42.5 Å². The van der Waals surface area contributed by atoms with Gasteiger partial charge in [0.05, 0.1) is 5.92 Å². The Bertz CT molecular complexity index is 740. The van der Waals surface area contributed by atoms with Gasteiger partial charge >= 0.3 is 0 Å². The highest BCUT2D eigenvalue weighted by Crippen LogP contribution is 2.34. The first-order chi connectivity index (χ1) is 11.2. The molecule has 0 aromatic heterocycles. The summed E-state index contributed by atoms with van der Waals surface area (Å²) in [6.45, 7) is 4.15. The topological polar surface area (TPSA) is 49.4 Å². The van der Waals surface area contributed by atoms with Gasteiger partial charge in [0.15, 0.2) is 0 Å². The first-order valence-electron chi connectivity index (χ1n) is 7.57. The highest BCUT2D eigenvalue weighted by Gasteiger charge is 2.33. The molecule has 0 spiro atoms. The first kappa shape index (κ1) is 15.0. The number of nitrogens with one attached hydrogen (secondary N) is 1. The summed E-state index contributed by atoms with van der Waals surface area (Å²) in [5.41, 5.74) is 2.39. The summed E-state index contributed by atoms with van der Waals surface area (Å²) in [5, 5.41) is 2.83. The molecule has 0 aliphatic carbocycles. The summed E-state index contributed by atoms with van der Waals surface area (Å²) < 4.78 is 0. The Labute approximate surface area is 135 Å². The van der Waals surface area contributed by atoms with Crippen molar-refractivity contribution < 1.29 is 9.59 Å². The summed E-state index contributed by atoms with van der Waals surface area (Å²) in [5.74, 6) is -0.688. The molecular formula is C19H18N2O2. The molecule has 0 fully saturated rings. The van der Waals surface area contributed by atoms with Crippen molar-refractivity contribution in [3.05, 3.63) is 72.8 Å². The Kier molecular flexibility index (Phi) is 4.24. The van der Waals surface area contributed by atoms with Gasteiger partial charge in [-0.3, -0.25) is 9.59 Å². The number of carbonyl (C=O) groups is 2. The number of amides is 2. The second-order valence-electron chi connectivity index (χ2n) is 5.47. The van der Waals surface area contributed by atoms with Crippen LogP contribution < -0.4 is 10.2 Å². The minimum absolute atomic E-state index is 0.0848. The second kappa shape index (κ2) is 6.48. The van der Waals surface area contributed by atoms with Crippen molar-refractivity contribution in [2.24, 2.45) is 0 Å². The number of benzene rings is 2. The third kappa shape index (κ3) is 3.01. The van der Waals surface area contributed by atoms with Crippen LogP contribution in [0.3, 0.4) is 0 Å². The lowest BCUT2D eigenvalue weighted by atomic mass is 9.89. The molecule has 116 valence electrons. The van der Waals surface area contributed by atoms with Crippen LogP contribution in [0, 0.1) is 0 Å². The molecule has 23 heavy (non-hydrogen) atoms. The number of carbonyl (C=O) groups excluding carboxylic acids is 2. The number of nitrogens with zero attached hydrogens (tertiary/aromatic N) is 1. The van der Waals surface area contributed by atoms with Crippen molar-refractivity contribution in [1.82, 2.24) is 0 Å². The van der Waals surface area contributed by atoms with Gasteiger partial charge in [0.1, 0.15) is 0 Å². The van der Waals surface area contributed by atoms with Crippen molar-refractivity contribution in [3.8, 4) is 0 Å². The predicted octanol–water partition coefficient (Wildman–Crippen LogP) is 3.33. The van der Waals surface area contributed by atoms with E-state index in [-0.39, 0.29) is 18.2 Å². The Balaban J connectivity index is 1.98. The highest BCUT2D eigenvalue weighted by molar-refractivity contribution is 6.06. The van der Waals surface area contributed by atoms with E-state index in [9.17, 15) is 9.59 Å². The third-order valence-electron chi connectivity index (χ3n) is 3.94. The van der Waals surface area contributed by atoms with Crippen molar-refractivity contribution >= 4 is 23.2 Å². The van der Waals surface area contributed by atoms with E-state index < -0.39 is 5.92 Å². The Morgan fingerprint density at radius 2 is 1.87 bits per heavy atom. The fourth-order valence-electron chi connectivity index (χ4n) is 2.88. The van der Waals surface area contributed by atoms with Crippen molar-refractivity contribution in [3.63, 3.8) is 0 Å². The zero-order valence-electron chi connectivity index (χ0n) is 12.7. The van der Waals surface area contributed by atoms with E-state index in [0.29, 0.717) is 12.2 Å². The van der Waals surface area contributed by atoms with Gasteiger partial charge in [0, 0.05) is 24.3 Å². The molecule has 1 unspecified atom stereocenters. The van der Waals surface area contributed by atoms with E-state index in [1.165, 1.54) is 0 Å². The van der Waals surface area contributed by atoms with Gasteiger partial charge in [-0.2, -0.15) is 0 Å². The van der Waals surface area contributed by atoms with Crippen molar-refractivity contribution in [2.75, 3.05) is 16.8 Å². The normalized spacial score (nSPS) is 16.2. The van der Waals surface area contributed by atoms with E-state index in [0.717, 1.165) is 11.3 Å². The molecule has 4 nitrogen and oxygen atoms in total. The van der Waals surface area contributed by atoms with Gasteiger partial charge in [-0.15, -0.1) is 6.58 Å². The molecule has 1 aliphatic heterocycles. The summed E-state index contributed by atoms with van der Waals surface area (Å²) in [4.78, 5) is 26.7. The molecule has 0 saturated carbocycles. The number of fused-ring (bicyclic) bond motifs is 1. The van der Waals surface area contributed by atoms with Gasteiger partial charge in [-0.05, 0) is 23.8 Å². The molecule has 2 aromatic carbocycles. The molecule has 4 heteroatoms. The van der Waals surface area contributed by atoms with Crippen LogP contribution >= 0.6 is 0 Å². The maximum atomic E-state index is 13.1. The van der Waals surface area contributed by atoms with Gasteiger partial charge in [-0.25, -0.2) is 0 Å². The third-order valence-corrected chi connectivity index (χ3v) is 3.94. The zero-order valence-corrected chi connectivity index (χ0v) is 12.7. The van der Waals surface area contributed by atoms with Gasteiger partial charge < -0.3 is 10.2 Å². The number of anilines is 2. The molecule has 0 bridgehead atoms. The van der Waals surface area contributed by atoms with Gasteiger partial charge in [0.2, 0.25) is 11.8 Å². The molecule has 0 radical (unpaired) electrons. The van der Waals surface area contributed by atoms with E-state index >= 15 is 0 Å². The minimum atomic E-state index is -0.472. The van der Waals surface area contributed by atoms with Crippen LogP contribution in [0.4, 0.5) is 11.4 Å². The fourth-order valence-corrected chi connectivity index (χ4v) is 2.88. The van der Waals surface area contributed by atoms with E-state index in [2.05, 4.69) is 11.9 Å². The summed E-state index contributed by atoms with van der Waals surface area (Å²) in [6, 6.07) is 16.9. The number of hydrogen-bond acceptors (Lipinski definition) is 2. The van der Waals surface area contributed by atoms with Crippen LogP contribution in [0.1, 0.15) is 17.9 Å². The lowest BCUT2D eigenvalue weighted by Gasteiger charge is -2.30. The smallest absolute Gasteiger partial charge is 0.235 e. The zero-order chi connectivity index (χ0) is 16.2. The minimum Gasteiger partial charge on any atom is -0.326 e. The molecule has 0 saturated heterocycles. The summed E-state index contributed by atoms with van der Waals surface area (Å²) >= 11 is 0. The lowest BCUT2D eigenvalue weighted by molar-refractivity contribution is -0.124. The summed E-state index contributed by atoms with van der Waals surface area (Å²) in [7, 11) is 0. The molecule has 1 heterocycles. The largest absolute Gasteiger partial charge is 0.326 e. The number of hydrogen-bond donors (Lipinski definition) is 1. The first-order valence-corrected chi connectivity index (χ1v) is 7.57. The SMILES string of the molecule is C=CCN(C(=O)C1CC(=O)Nc2ccccc21)c1ccccc1. The van der Waals surface area contributed by atoms with Crippen molar-refractivity contribution in [1.29, 1.82) is 0 Å². The van der Waals surface area contributed by atoms with Crippen LogP contribution in [-0.2, 0) is 9.59 Å². The number of rotatable bonds is 4. The van der Waals surface area contributed by atoms with Gasteiger partial charge in [0.25, 0.3) is 0 Å². The quantitative estimate of drug-likeness (QED) is 0.881. The monoisotopic (exact) mass is 306 g/mol. The maximum absolute atomic E-state index is 13.1. The Morgan fingerprint density at radius 3 is 2.61 bits per heavy atom. The average Bonchev–Trinajstić information content (AvgIpc) is 2.59. The van der Waals surface area contributed by atoms with E-state index in [1.807, 2.05) is 54.6 Å². The van der Waals surface area contributed by atoms with Crippen LogP contribution in [0.25, 0.3) is 0 Å². The summed E-state index contributed by atoms with van der Waals surface area (Å²) in [6.07, 6.45) is 1.86. The Hall–Kier alpha value is -2.88. The molecule has 2 amide bonds. The fraction of sp³-hybridized carbons (Fsp3) is 0.158. The molecule has 2 aromatic rings. The second-order valence-corrected chi connectivity index (χ2v) is 5.47. The van der Waals surface area contributed by atoms with E-state index in [1.54, 1.807) is 11.0 Å². The van der Waals surface area contributed by atoms with Crippen LogP contribution in [0.5, 0.6) is 0 Å². The molecular weight excluding hydrogens is 288 g/mol. The molecule has 1 aliphatic rings. The standard InChI is InChI=1S/C19H18N2O2/c1-2-12-21(14-8-4-3-5-9-14)19(23)16-13-18(22)20-17-11-7-6-10-15(16)17/h2-11,16H,1,12-13H2,(H,20,22). The molecule has 3 rings (SSSR count). The van der Waals surface area contributed by atoms with Crippen molar-refractivity contribution in [2.45, 2.75) is 12.3 Å². The molecule has 1 atom stereocenters. The Morgan fingerprint density at radius 1 is 1.17 bits per heavy atom. The lowest BCUT2D eigenvalue weighted by Crippen LogP contribution is -2.38. The van der Waals surface area contributed by atoms with Crippen LogP contribution in [0.2, 0.25) is 0 Å². The number of para-hydroxylation sites is 2. The van der Waals surface area contributed by atoms with E-state index in [4.69, 9.17) is 0 Å². The predicted molar refractivity (Wildman–Crippen MR) is 91.4 cm³/mol. The average molecular weight is 306 g/mol.